The number of hydrogen-bond donors (Lipinski definition) is 1. The predicted octanol–water partition coefficient (Wildman–Crippen LogP) is 3.95. The van der Waals surface area contributed by atoms with E-state index in [0.717, 1.165) is 15.8 Å². The van der Waals surface area contributed by atoms with Gasteiger partial charge in [0.1, 0.15) is 5.75 Å². The summed E-state index contributed by atoms with van der Waals surface area (Å²) in [6.45, 7) is 1.94. The van der Waals surface area contributed by atoms with Gasteiger partial charge in [-0.3, -0.25) is 4.79 Å². The summed E-state index contributed by atoms with van der Waals surface area (Å²) in [5.74, 6) is 0.656. The van der Waals surface area contributed by atoms with Crippen LogP contribution < -0.4 is 10.1 Å². The van der Waals surface area contributed by atoms with Crippen LogP contribution in [-0.2, 0) is 0 Å². The van der Waals surface area contributed by atoms with Gasteiger partial charge in [-0.25, -0.2) is 0 Å². The van der Waals surface area contributed by atoms with Crippen molar-refractivity contribution in [3.8, 4) is 5.75 Å². The van der Waals surface area contributed by atoms with Crippen molar-refractivity contribution in [2.24, 2.45) is 0 Å². The zero-order valence-corrected chi connectivity index (χ0v) is 13.0. The molecule has 0 heterocycles. The lowest BCUT2D eigenvalue weighted by atomic mass is 10.1. The molecular weight excluding hydrogens is 318 g/mol. The molecule has 0 bridgehead atoms. The minimum Gasteiger partial charge on any atom is -0.496 e. The molecule has 1 unspecified atom stereocenters. The first-order valence-corrected chi connectivity index (χ1v) is 7.11. The van der Waals surface area contributed by atoms with Crippen molar-refractivity contribution in [1.29, 1.82) is 0 Å². The Hall–Kier alpha value is -1.81. The molecule has 3 nitrogen and oxygen atoms in total. The van der Waals surface area contributed by atoms with Crippen LogP contribution in [0.15, 0.2) is 53.0 Å². The molecule has 0 saturated carbocycles. The van der Waals surface area contributed by atoms with Gasteiger partial charge in [0.2, 0.25) is 0 Å². The Morgan fingerprint density at radius 2 is 1.80 bits per heavy atom. The summed E-state index contributed by atoms with van der Waals surface area (Å²) in [4.78, 5) is 12.3. The van der Waals surface area contributed by atoms with Gasteiger partial charge in [-0.05, 0) is 41.1 Å². The topological polar surface area (TPSA) is 38.3 Å². The van der Waals surface area contributed by atoms with Crippen LogP contribution in [0.5, 0.6) is 5.75 Å². The van der Waals surface area contributed by atoms with Crippen molar-refractivity contribution in [3.63, 3.8) is 0 Å². The monoisotopic (exact) mass is 333 g/mol. The van der Waals surface area contributed by atoms with Crippen LogP contribution >= 0.6 is 15.9 Å². The number of hydrogen-bond acceptors (Lipinski definition) is 2. The third-order valence-electron chi connectivity index (χ3n) is 3.07. The van der Waals surface area contributed by atoms with Crippen LogP contribution in [0, 0.1) is 0 Å². The number of carbonyl (C=O) groups is 1. The third-order valence-corrected chi connectivity index (χ3v) is 3.76. The minimum atomic E-state index is -0.134. The quantitative estimate of drug-likeness (QED) is 0.919. The van der Waals surface area contributed by atoms with Gasteiger partial charge in [-0.2, -0.15) is 0 Å². The van der Waals surface area contributed by atoms with Gasteiger partial charge < -0.3 is 10.1 Å². The Kier molecular flexibility index (Phi) is 4.79. The third kappa shape index (κ3) is 3.20. The number of para-hydroxylation sites is 1. The molecule has 0 saturated heterocycles. The van der Waals surface area contributed by atoms with Crippen LogP contribution in [-0.4, -0.2) is 13.0 Å². The Balaban J connectivity index is 2.18. The predicted molar refractivity (Wildman–Crippen MR) is 83.0 cm³/mol. The van der Waals surface area contributed by atoms with Crippen LogP contribution in [0.25, 0.3) is 0 Å². The van der Waals surface area contributed by atoms with E-state index < -0.39 is 0 Å². The number of ether oxygens (including phenoxy) is 1. The summed E-state index contributed by atoms with van der Waals surface area (Å²) in [6.07, 6.45) is 0. The van der Waals surface area contributed by atoms with Gasteiger partial charge in [-0.1, -0.05) is 30.3 Å². The van der Waals surface area contributed by atoms with Crippen LogP contribution in [0.4, 0.5) is 0 Å². The molecule has 0 aromatic heterocycles. The van der Waals surface area contributed by atoms with Crippen LogP contribution in [0.1, 0.15) is 28.9 Å². The second-order valence-corrected chi connectivity index (χ2v) is 5.27. The second-order valence-electron chi connectivity index (χ2n) is 4.42. The number of rotatable bonds is 4. The molecule has 0 aliphatic carbocycles. The maximum atomic E-state index is 12.3. The zero-order valence-electron chi connectivity index (χ0n) is 11.4. The molecule has 2 aromatic rings. The molecule has 1 N–H and O–H groups in total. The van der Waals surface area contributed by atoms with Crippen LogP contribution in [0.2, 0.25) is 0 Å². The fourth-order valence-corrected chi connectivity index (χ4v) is 2.49. The second kappa shape index (κ2) is 6.57. The molecule has 2 aromatic carbocycles. The molecular formula is C16H16BrNO2. The van der Waals surface area contributed by atoms with E-state index in [4.69, 9.17) is 4.74 Å². The van der Waals surface area contributed by atoms with E-state index in [9.17, 15) is 4.79 Å². The number of amides is 1. The summed E-state index contributed by atoms with van der Waals surface area (Å²) in [5, 5.41) is 2.98. The molecule has 104 valence electrons. The molecule has 0 spiro atoms. The molecule has 0 aliphatic rings. The lowest BCUT2D eigenvalue weighted by Crippen LogP contribution is -2.27. The van der Waals surface area contributed by atoms with E-state index in [1.54, 1.807) is 13.2 Å². The first-order chi connectivity index (χ1) is 9.63. The smallest absolute Gasteiger partial charge is 0.252 e. The van der Waals surface area contributed by atoms with E-state index in [0.29, 0.717) is 5.56 Å². The Labute approximate surface area is 127 Å². The highest BCUT2D eigenvalue weighted by atomic mass is 79.9. The molecule has 0 fully saturated rings. The molecule has 1 amide bonds. The van der Waals surface area contributed by atoms with Crippen molar-refractivity contribution in [3.05, 3.63) is 64.1 Å². The fraction of sp³-hybridized carbons (Fsp3) is 0.188. The van der Waals surface area contributed by atoms with Crippen molar-refractivity contribution in [2.75, 3.05) is 7.11 Å². The Morgan fingerprint density at radius 1 is 1.15 bits per heavy atom. The van der Waals surface area contributed by atoms with Gasteiger partial charge in [0.25, 0.3) is 5.91 Å². The number of methoxy groups -OCH3 is 1. The molecule has 0 radical (unpaired) electrons. The van der Waals surface area contributed by atoms with E-state index in [-0.39, 0.29) is 11.9 Å². The van der Waals surface area contributed by atoms with Gasteiger partial charge in [-0.15, -0.1) is 0 Å². The van der Waals surface area contributed by atoms with Gasteiger partial charge in [0.05, 0.1) is 18.7 Å². The number of halogens is 1. The van der Waals surface area contributed by atoms with Gasteiger partial charge in [0.15, 0.2) is 0 Å². The average Bonchev–Trinajstić information content (AvgIpc) is 2.47. The van der Waals surface area contributed by atoms with Crippen LogP contribution in [0.3, 0.4) is 0 Å². The van der Waals surface area contributed by atoms with E-state index in [2.05, 4.69) is 21.2 Å². The van der Waals surface area contributed by atoms with Gasteiger partial charge in [0, 0.05) is 10.0 Å². The summed E-state index contributed by atoms with van der Waals surface area (Å²) in [5.41, 5.74) is 1.57. The first kappa shape index (κ1) is 14.6. The van der Waals surface area contributed by atoms with E-state index >= 15 is 0 Å². The van der Waals surface area contributed by atoms with Crippen molar-refractivity contribution >= 4 is 21.8 Å². The highest BCUT2D eigenvalue weighted by molar-refractivity contribution is 9.10. The highest BCUT2D eigenvalue weighted by Gasteiger charge is 2.16. The first-order valence-electron chi connectivity index (χ1n) is 6.31. The van der Waals surface area contributed by atoms with Crippen molar-refractivity contribution in [1.82, 2.24) is 5.32 Å². The fourth-order valence-electron chi connectivity index (χ4n) is 2.02. The van der Waals surface area contributed by atoms with Crippen molar-refractivity contribution in [2.45, 2.75) is 13.0 Å². The maximum absolute atomic E-state index is 12.3. The lowest BCUT2D eigenvalue weighted by molar-refractivity contribution is 0.0938. The summed E-state index contributed by atoms with van der Waals surface area (Å²) in [7, 11) is 1.63. The molecule has 0 aliphatic heterocycles. The van der Waals surface area contributed by atoms with Crippen molar-refractivity contribution < 1.29 is 9.53 Å². The molecule has 4 heteroatoms. The Bertz CT molecular complexity index is 613. The maximum Gasteiger partial charge on any atom is 0.252 e. The number of benzene rings is 2. The summed E-state index contributed by atoms with van der Waals surface area (Å²) < 4.78 is 6.10. The number of carbonyl (C=O) groups excluding carboxylic acids is 1. The summed E-state index contributed by atoms with van der Waals surface area (Å²) >= 11 is 3.39. The molecule has 1 atom stereocenters. The standard InChI is InChI=1S/C16H16BrNO2/c1-11(12-7-4-6-10-15(12)20-2)18-16(19)13-8-3-5-9-14(13)17/h3-11H,1-2H3,(H,18,19). The van der Waals surface area contributed by atoms with E-state index in [1.165, 1.54) is 0 Å². The zero-order chi connectivity index (χ0) is 14.5. The Morgan fingerprint density at radius 3 is 2.50 bits per heavy atom. The number of nitrogens with one attached hydrogen (secondary N) is 1. The average molecular weight is 334 g/mol. The molecule has 2 rings (SSSR count). The normalized spacial score (nSPS) is 11.8. The largest absolute Gasteiger partial charge is 0.496 e. The SMILES string of the molecule is COc1ccccc1C(C)NC(=O)c1ccccc1Br. The lowest BCUT2D eigenvalue weighted by Gasteiger charge is -2.17. The van der Waals surface area contributed by atoms with Gasteiger partial charge >= 0.3 is 0 Å². The summed E-state index contributed by atoms with van der Waals surface area (Å²) in [6, 6.07) is 14.9. The minimum absolute atomic E-state index is 0.115. The van der Waals surface area contributed by atoms with E-state index in [1.807, 2.05) is 49.4 Å². The highest BCUT2D eigenvalue weighted by Crippen LogP contribution is 2.25. The molecule has 20 heavy (non-hydrogen) atoms.